The summed E-state index contributed by atoms with van der Waals surface area (Å²) < 4.78 is 5.55. The maximum absolute atomic E-state index is 11.9. The molecule has 0 unspecified atom stereocenters. The molecule has 1 aliphatic heterocycles. The molecule has 1 fully saturated rings. The number of aromatic nitrogens is 2. The number of hydrogen-bond acceptors (Lipinski definition) is 7. The number of carboxylic acid groups (broad SMARTS) is 2. The minimum Gasteiger partial charge on any atom is -0.565 e. The molecule has 0 atom stereocenters. The molecule has 1 aliphatic rings. The van der Waals surface area contributed by atoms with Gasteiger partial charge in [-0.3, -0.25) is 4.79 Å². The first-order valence-corrected chi connectivity index (χ1v) is 7.94. The summed E-state index contributed by atoms with van der Waals surface area (Å²) in [6, 6.07) is 7.49. The molecule has 2 aromatic rings. The summed E-state index contributed by atoms with van der Waals surface area (Å²) in [5.41, 5.74) is 7.32. The minimum absolute atomic E-state index is 0. The number of anilines is 1. The van der Waals surface area contributed by atoms with E-state index in [1.807, 2.05) is 29.2 Å². The molecule has 10 heteroatoms. The minimum atomic E-state index is -2.08. The second-order valence-corrected chi connectivity index (χ2v) is 5.50. The third-order valence-electron chi connectivity index (χ3n) is 3.68. The van der Waals surface area contributed by atoms with Crippen molar-refractivity contribution in [2.75, 3.05) is 25.4 Å². The van der Waals surface area contributed by atoms with E-state index in [0.717, 1.165) is 37.1 Å². The van der Waals surface area contributed by atoms with E-state index in [4.69, 9.17) is 25.5 Å². The zero-order valence-electron chi connectivity index (χ0n) is 15.0. The molecule has 3 N–H and O–H groups in total. The molecule has 0 aliphatic carbocycles. The average molecular weight is 382 g/mol. The van der Waals surface area contributed by atoms with Crippen LogP contribution in [0.3, 0.4) is 0 Å². The molecular weight excluding hydrogens is 363 g/mol. The van der Waals surface area contributed by atoms with Crippen LogP contribution < -0.4 is 45.1 Å². The van der Waals surface area contributed by atoms with Crippen LogP contribution in [0, 0.1) is 0 Å². The number of likely N-dealkylation sites (tertiary alicyclic amines) is 1. The number of rotatable bonds is 4. The van der Waals surface area contributed by atoms with Gasteiger partial charge < -0.3 is 30.4 Å². The summed E-state index contributed by atoms with van der Waals surface area (Å²) in [5.74, 6) is 0.977. The van der Waals surface area contributed by atoms with Gasteiger partial charge in [0.25, 0.3) is 5.91 Å². The van der Waals surface area contributed by atoms with Crippen molar-refractivity contribution in [3.8, 4) is 16.9 Å². The first kappa shape index (κ1) is 22.7. The van der Waals surface area contributed by atoms with E-state index in [-0.39, 0.29) is 48.0 Å². The summed E-state index contributed by atoms with van der Waals surface area (Å²) in [6.45, 7) is 1.78. The summed E-state index contributed by atoms with van der Waals surface area (Å²) in [4.78, 5) is 30.1. The van der Waals surface area contributed by atoms with Crippen LogP contribution >= 0.6 is 0 Å². The van der Waals surface area contributed by atoms with Crippen LogP contribution in [0.2, 0.25) is 0 Å². The molecule has 3 rings (SSSR count). The number of benzene rings is 1. The monoisotopic (exact) mass is 382 g/mol. The fraction of sp³-hybridized carbons (Fsp3) is 0.294. The standard InChI is InChI=1S/C16H18N4O2.CH2O3.Na/c17-16-18-9-13(10-19-16)12-3-5-14(6-4-12)22-11-15(21)20-7-1-2-8-20;2-1(3)4;/h3-6,9-10H,1-2,7-8,11H2,(H2,17,18,19);(H2,2,3,4);/q;;+1/p-1. The SMILES string of the molecule is Nc1ncc(-c2ccc(OCC(=O)N3CCCC3)cc2)cn1.O=C([O-])O.[Na+]. The summed E-state index contributed by atoms with van der Waals surface area (Å²) in [7, 11) is 0. The Balaban J connectivity index is 0.000000666. The van der Waals surface area contributed by atoms with E-state index in [0.29, 0.717) is 5.75 Å². The molecule has 1 aromatic carbocycles. The normalized spacial score (nSPS) is 12.4. The predicted molar refractivity (Wildman–Crippen MR) is 91.2 cm³/mol. The Morgan fingerprint density at radius 2 is 1.63 bits per heavy atom. The number of amides is 1. The van der Waals surface area contributed by atoms with E-state index in [9.17, 15) is 4.79 Å². The summed E-state index contributed by atoms with van der Waals surface area (Å²) >= 11 is 0. The second-order valence-electron chi connectivity index (χ2n) is 5.50. The van der Waals surface area contributed by atoms with Crippen molar-refractivity contribution >= 4 is 18.0 Å². The van der Waals surface area contributed by atoms with Gasteiger partial charge in [-0.1, -0.05) is 12.1 Å². The molecule has 27 heavy (non-hydrogen) atoms. The van der Waals surface area contributed by atoms with E-state index in [2.05, 4.69) is 9.97 Å². The Hall–Kier alpha value is -2.36. The van der Waals surface area contributed by atoms with E-state index >= 15 is 0 Å². The Morgan fingerprint density at radius 1 is 1.11 bits per heavy atom. The molecule has 138 valence electrons. The maximum Gasteiger partial charge on any atom is 1.00 e. The van der Waals surface area contributed by atoms with Crippen molar-refractivity contribution in [2.24, 2.45) is 0 Å². The van der Waals surface area contributed by atoms with Gasteiger partial charge in [-0.2, -0.15) is 0 Å². The van der Waals surface area contributed by atoms with Gasteiger partial charge in [0, 0.05) is 31.0 Å². The molecule has 2 heterocycles. The van der Waals surface area contributed by atoms with Crippen molar-refractivity contribution in [3.63, 3.8) is 0 Å². The van der Waals surface area contributed by atoms with Gasteiger partial charge in [0.15, 0.2) is 6.61 Å². The molecule has 1 saturated heterocycles. The Labute approximate surface area is 178 Å². The number of carbonyl (C=O) groups excluding carboxylic acids is 1. The van der Waals surface area contributed by atoms with Crippen LogP contribution in [0.5, 0.6) is 5.75 Å². The van der Waals surface area contributed by atoms with Crippen LogP contribution in [0.1, 0.15) is 12.8 Å². The van der Waals surface area contributed by atoms with Crippen LogP contribution in [-0.2, 0) is 4.79 Å². The van der Waals surface area contributed by atoms with E-state index in [1.165, 1.54) is 0 Å². The van der Waals surface area contributed by atoms with Crippen LogP contribution in [-0.4, -0.2) is 51.7 Å². The fourth-order valence-corrected chi connectivity index (χ4v) is 2.43. The molecule has 0 radical (unpaired) electrons. The number of nitrogen functional groups attached to an aromatic ring is 1. The van der Waals surface area contributed by atoms with Gasteiger partial charge in [-0.15, -0.1) is 0 Å². The zero-order valence-corrected chi connectivity index (χ0v) is 17.0. The molecule has 0 spiro atoms. The van der Waals surface area contributed by atoms with Crippen LogP contribution in [0.25, 0.3) is 11.1 Å². The summed E-state index contributed by atoms with van der Waals surface area (Å²) in [5, 5.41) is 15.3. The second kappa shape index (κ2) is 11.4. The predicted octanol–water partition coefficient (Wildman–Crippen LogP) is -2.38. The first-order chi connectivity index (χ1) is 12.5. The number of hydrogen-bond donors (Lipinski definition) is 2. The molecule has 0 bridgehead atoms. The number of ether oxygens (including phenoxy) is 1. The van der Waals surface area contributed by atoms with Crippen molar-refractivity contribution < 1.29 is 54.1 Å². The third kappa shape index (κ3) is 7.81. The molecule has 1 amide bonds. The fourth-order valence-electron chi connectivity index (χ4n) is 2.43. The average Bonchev–Trinajstić information content (AvgIpc) is 3.15. The van der Waals surface area contributed by atoms with Crippen LogP contribution in [0.4, 0.5) is 10.7 Å². The first-order valence-electron chi connectivity index (χ1n) is 7.94. The van der Waals surface area contributed by atoms with E-state index in [1.54, 1.807) is 12.4 Å². The number of carbonyl (C=O) groups is 2. The van der Waals surface area contributed by atoms with Crippen molar-refractivity contribution in [3.05, 3.63) is 36.7 Å². The third-order valence-corrected chi connectivity index (χ3v) is 3.68. The number of nitrogens with zero attached hydrogens (tertiary/aromatic N) is 3. The number of nitrogens with two attached hydrogens (primary N) is 1. The van der Waals surface area contributed by atoms with Crippen molar-refractivity contribution in [1.29, 1.82) is 0 Å². The zero-order chi connectivity index (χ0) is 18.9. The summed E-state index contributed by atoms with van der Waals surface area (Å²) in [6.07, 6.45) is 3.44. The molecule has 0 saturated carbocycles. The van der Waals surface area contributed by atoms with Crippen LogP contribution in [0.15, 0.2) is 36.7 Å². The molecule has 9 nitrogen and oxygen atoms in total. The van der Waals surface area contributed by atoms with Crippen molar-refractivity contribution in [1.82, 2.24) is 14.9 Å². The quantitative estimate of drug-likeness (QED) is 0.558. The van der Waals surface area contributed by atoms with Gasteiger partial charge >= 0.3 is 29.6 Å². The van der Waals surface area contributed by atoms with Crippen molar-refractivity contribution in [2.45, 2.75) is 12.8 Å². The maximum atomic E-state index is 11.9. The van der Waals surface area contributed by atoms with Gasteiger partial charge in [-0.25, -0.2) is 9.97 Å². The van der Waals surface area contributed by atoms with Gasteiger partial charge in [0.1, 0.15) is 5.75 Å². The Kier molecular flexibility index (Phi) is 9.55. The van der Waals surface area contributed by atoms with Gasteiger partial charge in [0.2, 0.25) is 12.1 Å². The largest absolute Gasteiger partial charge is 1.00 e. The smallest absolute Gasteiger partial charge is 0.565 e. The topological polar surface area (TPSA) is 142 Å². The van der Waals surface area contributed by atoms with Gasteiger partial charge in [-0.05, 0) is 30.5 Å². The molecular formula is C17H19N4NaO5. The Morgan fingerprint density at radius 3 is 2.15 bits per heavy atom. The molecule has 1 aromatic heterocycles. The van der Waals surface area contributed by atoms with Gasteiger partial charge in [0.05, 0.1) is 0 Å². The Bertz CT molecular complexity index is 730. The van der Waals surface area contributed by atoms with E-state index < -0.39 is 6.16 Å².